The quantitative estimate of drug-likeness (QED) is 0.764. The summed E-state index contributed by atoms with van der Waals surface area (Å²) in [4.78, 5) is 0.153. The average Bonchev–Trinajstić information content (AvgIpc) is 2.86. The van der Waals surface area contributed by atoms with E-state index in [0.717, 1.165) is 9.87 Å². The molecule has 0 spiro atoms. The molecular weight excluding hydrogens is 366 g/mol. The molecule has 0 amide bonds. The number of hydrogen-bond acceptors (Lipinski definition) is 6. The third-order valence-corrected chi connectivity index (χ3v) is 7.22. The summed E-state index contributed by atoms with van der Waals surface area (Å²) in [6.07, 6.45) is 0. The van der Waals surface area contributed by atoms with Gasteiger partial charge in [0.05, 0.1) is 4.90 Å². The molecule has 0 aliphatic carbocycles. The van der Waals surface area contributed by atoms with Gasteiger partial charge in [0.15, 0.2) is 5.76 Å². The molecule has 0 fully saturated rings. The van der Waals surface area contributed by atoms with Gasteiger partial charge in [-0.25, -0.2) is 21.6 Å². The van der Waals surface area contributed by atoms with Crippen molar-refractivity contribution in [2.24, 2.45) is 0 Å². The van der Waals surface area contributed by atoms with Crippen molar-refractivity contribution >= 4 is 20.0 Å². The van der Waals surface area contributed by atoms with Gasteiger partial charge < -0.3 is 4.52 Å². The molecule has 138 valence electrons. The van der Waals surface area contributed by atoms with E-state index in [1.165, 1.54) is 27.0 Å². The van der Waals surface area contributed by atoms with Crippen LogP contribution < -0.4 is 4.72 Å². The second kappa shape index (κ2) is 7.24. The molecule has 1 heterocycles. The first kappa shape index (κ1) is 19.6. The first-order chi connectivity index (χ1) is 11.6. The van der Waals surface area contributed by atoms with Crippen molar-refractivity contribution in [1.82, 2.24) is 14.2 Å². The van der Waals surface area contributed by atoms with Crippen LogP contribution in [0.3, 0.4) is 0 Å². The van der Waals surface area contributed by atoms with Crippen molar-refractivity contribution in [1.29, 1.82) is 0 Å². The van der Waals surface area contributed by atoms with Crippen molar-refractivity contribution < 1.29 is 21.4 Å². The lowest BCUT2D eigenvalue weighted by atomic mass is 10.2. The monoisotopic (exact) mass is 387 g/mol. The molecular formula is C15H21N3O5S2. The van der Waals surface area contributed by atoms with Crippen LogP contribution in [-0.2, 0) is 20.0 Å². The molecule has 8 nitrogen and oxygen atoms in total. The minimum atomic E-state index is -3.80. The zero-order valence-corrected chi connectivity index (χ0v) is 16.1. The van der Waals surface area contributed by atoms with E-state index in [1.807, 2.05) is 0 Å². The summed E-state index contributed by atoms with van der Waals surface area (Å²) in [5.74, 6) is 0.199. The van der Waals surface area contributed by atoms with Gasteiger partial charge in [0, 0.05) is 20.1 Å². The largest absolute Gasteiger partial charge is 0.360 e. The molecule has 2 aromatic rings. The first-order valence-corrected chi connectivity index (χ1v) is 10.4. The van der Waals surface area contributed by atoms with Gasteiger partial charge in [0.2, 0.25) is 20.0 Å². The summed E-state index contributed by atoms with van der Waals surface area (Å²) >= 11 is 0. The summed E-state index contributed by atoms with van der Waals surface area (Å²) in [7, 11) is -6.12. The second-order valence-electron chi connectivity index (χ2n) is 5.69. The molecule has 1 aromatic carbocycles. The van der Waals surface area contributed by atoms with Gasteiger partial charge in [-0.1, -0.05) is 17.3 Å². The van der Waals surface area contributed by atoms with E-state index in [4.69, 9.17) is 4.52 Å². The second-order valence-corrected chi connectivity index (χ2v) is 9.44. The fraction of sp³-hybridized carbons (Fsp3) is 0.400. The molecule has 2 rings (SSSR count). The standard InChI is InChI=1S/C15H21N3O5S2/c1-11-6-5-7-14(10-11)24(19,20)16-8-9-18(4)25(21,22)15-12(2)17-23-13(15)3/h5-7,10,16H,8-9H2,1-4H3. The number of likely N-dealkylation sites (N-methyl/N-ethyl adjacent to an activating group) is 1. The first-order valence-electron chi connectivity index (χ1n) is 7.51. The Morgan fingerprint density at radius 2 is 1.84 bits per heavy atom. The van der Waals surface area contributed by atoms with E-state index < -0.39 is 20.0 Å². The van der Waals surface area contributed by atoms with Gasteiger partial charge in [-0.15, -0.1) is 0 Å². The minimum Gasteiger partial charge on any atom is -0.360 e. The highest BCUT2D eigenvalue weighted by atomic mass is 32.2. The summed E-state index contributed by atoms with van der Waals surface area (Å²) < 4.78 is 58.0. The van der Waals surface area contributed by atoms with Crippen LogP contribution in [-0.4, -0.2) is 46.4 Å². The smallest absolute Gasteiger partial charge is 0.248 e. The number of hydrogen-bond donors (Lipinski definition) is 1. The van der Waals surface area contributed by atoms with Crippen molar-refractivity contribution in [2.75, 3.05) is 20.1 Å². The highest BCUT2D eigenvalue weighted by Gasteiger charge is 2.28. The lowest BCUT2D eigenvalue weighted by Gasteiger charge is -2.17. The van der Waals surface area contributed by atoms with E-state index in [9.17, 15) is 16.8 Å². The molecule has 0 atom stereocenters. The van der Waals surface area contributed by atoms with Gasteiger partial charge in [-0.2, -0.15) is 4.31 Å². The van der Waals surface area contributed by atoms with E-state index in [2.05, 4.69) is 9.88 Å². The molecule has 0 saturated carbocycles. The molecule has 0 unspecified atom stereocenters. The number of aromatic nitrogens is 1. The number of nitrogens with zero attached hydrogens (tertiary/aromatic N) is 2. The minimum absolute atomic E-state index is 0.0107. The maximum absolute atomic E-state index is 12.6. The highest BCUT2D eigenvalue weighted by molar-refractivity contribution is 7.89. The molecule has 0 saturated heterocycles. The Bertz CT molecular complexity index is 945. The summed E-state index contributed by atoms with van der Waals surface area (Å²) in [5, 5.41) is 3.64. The number of aryl methyl sites for hydroxylation is 3. The van der Waals surface area contributed by atoms with Gasteiger partial charge in [-0.05, 0) is 38.5 Å². The van der Waals surface area contributed by atoms with Crippen molar-refractivity contribution in [3.05, 3.63) is 41.3 Å². The van der Waals surface area contributed by atoms with E-state index in [0.29, 0.717) is 0 Å². The summed E-state index contributed by atoms with van der Waals surface area (Å²) in [5.41, 5.74) is 1.09. The van der Waals surface area contributed by atoms with E-state index in [-0.39, 0.29) is 34.3 Å². The van der Waals surface area contributed by atoms with Crippen LogP contribution in [0.5, 0.6) is 0 Å². The van der Waals surface area contributed by atoms with Gasteiger partial charge in [0.1, 0.15) is 10.6 Å². The predicted molar refractivity (Wildman–Crippen MR) is 92.2 cm³/mol. The Morgan fingerprint density at radius 1 is 1.16 bits per heavy atom. The third kappa shape index (κ3) is 4.27. The maximum Gasteiger partial charge on any atom is 0.248 e. The Kier molecular flexibility index (Phi) is 5.67. The van der Waals surface area contributed by atoms with Crippen LogP contribution >= 0.6 is 0 Å². The molecule has 10 heteroatoms. The lowest BCUT2D eigenvalue weighted by molar-refractivity contribution is 0.389. The Labute approximate surface area is 147 Å². The topological polar surface area (TPSA) is 110 Å². The van der Waals surface area contributed by atoms with Crippen LogP contribution in [0.15, 0.2) is 38.6 Å². The van der Waals surface area contributed by atoms with Crippen molar-refractivity contribution in [3.8, 4) is 0 Å². The zero-order valence-electron chi connectivity index (χ0n) is 14.5. The number of rotatable bonds is 7. The van der Waals surface area contributed by atoms with Crippen LogP contribution in [0, 0.1) is 20.8 Å². The van der Waals surface area contributed by atoms with E-state index >= 15 is 0 Å². The SMILES string of the molecule is Cc1cccc(S(=O)(=O)NCCN(C)S(=O)(=O)c2c(C)noc2C)c1. The predicted octanol–water partition coefficient (Wildman–Crippen LogP) is 1.20. The van der Waals surface area contributed by atoms with Crippen LogP contribution in [0.2, 0.25) is 0 Å². The molecule has 1 aromatic heterocycles. The average molecular weight is 387 g/mol. The highest BCUT2D eigenvalue weighted by Crippen LogP contribution is 2.22. The number of benzene rings is 1. The normalized spacial score (nSPS) is 12.7. The molecule has 0 bridgehead atoms. The summed E-state index contributed by atoms with van der Waals surface area (Å²) in [6.45, 7) is 4.76. The lowest BCUT2D eigenvalue weighted by Crippen LogP contribution is -2.36. The molecule has 0 aliphatic heterocycles. The number of nitrogens with one attached hydrogen (secondary N) is 1. The van der Waals surface area contributed by atoms with E-state index in [1.54, 1.807) is 25.1 Å². The van der Waals surface area contributed by atoms with Gasteiger partial charge in [-0.3, -0.25) is 0 Å². The van der Waals surface area contributed by atoms with Crippen molar-refractivity contribution in [3.63, 3.8) is 0 Å². The van der Waals surface area contributed by atoms with Crippen molar-refractivity contribution in [2.45, 2.75) is 30.6 Å². The van der Waals surface area contributed by atoms with Gasteiger partial charge >= 0.3 is 0 Å². The van der Waals surface area contributed by atoms with Crippen LogP contribution in [0.4, 0.5) is 0 Å². The maximum atomic E-state index is 12.6. The Hall–Kier alpha value is -1.75. The third-order valence-electron chi connectivity index (χ3n) is 3.65. The Balaban J connectivity index is 2.06. The summed E-state index contributed by atoms with van der Waals surface area (Å²) in [6, 6.07) is 6.48. The fourth-order valence-electron chi connectivity index (χ4n) is 2.32. The number of sulfonamides is 2. The Morgan fingerprint density at radius 3 is 2.40 bits per heavy atom. The molecule has 0 radical (unpaired) electrons. The van der Waals surface area contributed by atoms with Gasteiger partial charge in [0.25, 0.3) is 0 Å². The molecule has 0 aliphatic rings. The molecule has 1 N–H and O–H groups in total. The molecule has 25 heavy (non-hydrogen) atoms. The zero-order chi connectivity index (χ0) is 18.8. The van der Waals surface area contributed by atoms with Crippen LogP contribution in [0.25, 0.3) is 0 Å². The van der Waals surface area contributed by atoms with Crippen LogP contribution in [0.1, 0.15) is 17.0 Å². The fourth-order valence-corrected chi connectivity index (χ4v) is 4.90.